The third-order valence-electron chi connectivity index (χ3n) is 4.72. The number of guanidine groups is 1. The van der Waals surface area contributed by atoms with Crippen LogP contribution in [0.2, 0.25) is 0 Å². The average molecular weight is 445 g/mol. The molecule has 9 heteroatoms. The van der Waals surface area contributed by atoms with E-state index in [0.717, 1.165) is 17.7 Å². The lowest BCUT2D eigenvalue weighted by Gasteiger charge is -2.21. The summed E-state index contributed by atoms with van der Waals surface area (Å²) in [6.45, 7) is 5.57. The number of nitrogens with zero attached hydrogens (tertiary/aromatic N) is 2. The minimum absolute atomic E-state index is 0.264. The molecule has 1 aromatic heterocycles. The van der Waals surface area contributed by atoms with E-state index in [1.165, 1.54) is 12.1 Å². The highest BCUT2D eigenvalue weighted by molar-refractivity contribution is 6.05. The first-order valence-corrected chi connectivity index (χ1v) is 10.8. The maximum atomic E-state index is 13.1. The number of aryl methyl sites for hydroxylation is 1. The lowest BCUT2D eigenvalue weighted by molar-refractivity contribution is 0.0975. The molecular weight excluding hydrogens is 411 g/mol. The molecule has 0 spiro atoms. The second-order valence-electron chi connectivity index (χ2n) is 7.27. The number of benzene rings is 1. The Balaban J connectivity index is 2.03. The second kappa shape index (κ2) is 13.5. The van der Waals surface area contributed by atoms with Gasteiger partial charge in [0.15, 0.2) is 5.96 Å². The van der Waals surface area contributed by atoms with E-state index in [9.17, 15) is 9.18 Å². The van der Waals surface area contributed by atoms with Crippen molar-refractivity contribution in [1.29, 1.82) is 0 Å². The lowest BCUT2D eigenvalue weighted by Crippen LogP contribution is -2.50. The first-order valence-electron chi connectivity index (χ1n) is 10.8. The SMILES string of the molecule is CCOCCCN=C(NC(=O)c1ccnc(CC)c1)NC(N)CC(N)c1ccc(F)cc1. The molecule has 2 aromatic rings. The van der Waals surface area contributed by atoms with Gasteiger partial charge in [-0.15, -0.1) is 0 Å². The van der Waals surface area contributed by atoms with E-state index >= 15 is 0 Å². The van der Waals surface area contributed by atoms with Crippen molar-refractivity contribution in [2.45, 2.75) is 45.3 Å². The number of rotatable bonds is 11. The van der Waals surface area contributed by atoms with Gasteiger partial charge in [0.05, 0.1) is 6.17 Å². The molecule has 1 aromatic carbocycles. The molecule has 0 aliphatic carbocycles. The number of carbonyl (C=O) groups is 1. The molecule has 32 heavy (non-hydrogen) atoms. The van der Waals surface area contributed by atoms with Crippen molar-refractivity contribution in [3.8, 4) is 0 Å². The Kier molecular flexibility index (Phi) is 10.7. The van der Waals surface area contributed by atoms with E-state index in [-0.39, 0.29) is 17.7 Å². The summed E-state index contributed by atoms with van der Waals surface area (Å²) in [7, 11) is 0. The summed E-state index contributed by atoms with van der Waals surface area (Å²) in [5.41, 5.74) is 14.5. The molecule has 0 radical (unpaired) electrons. The van der Waals surface area contributed by atoms with Crippen molar-refractivity contribution in [2.75, 3.05) is 19.8 Å². The number of hydrogen-bond donors (Lipinski definition) is 4. The van der Waals surface area contributed by atoms with Gasteiger partial charge in [-0.05, 0) is 56.0 Å². The zero-order valence-corrected chi connectivity index (χ0v) is 18.7. The van der Waals surface area contributed by atoms with Crippen LogP contribution in [0.5, 0.6) is 0 Å². The van der Waals surface area contributed by atoms with Crippen molar-refractivity contribution < 1.29 is 13.9 Å². The van der Waals surface area contributed by atoms with Gasteiger partial charge >= 0.3 is 0 Å². The van der Waals surface area contributed by atoms with Crippen LogP contribution in [0.1, 0.15) is 54.3 Å². The molecule has 174 valence electrons. The zero-order valence-electron chi connectivity index (χ0n) is 18.7. The summed E-state index contributed by atoms with van der Waals surface area (Å²) in [4.78, 5) is 21.4. The van der Waals surface area contributed by atoms with Crippen LogP contribution in [0.15, 0.2) is 47.6 Å². The maximum Gasteiger partial charge on any atom is 0.258 e. The van der Waals surface area contributed by atoms with E-state index in [2.05, 4.69) is 20.6 Å². The van der Waals surface area contributed by atoms with Crippen molar-refractivity contribution >= 4 is 11.9 Å². The molecule has 0 fully saturated rings. The first-order chi connectivity index (χ1) is 15.4. The standard InChI is InChI=1S/C23H33FN6O2/c1-3-19-14-17(10-12-27-19)22(31)30-23(28-11-5-13-32-4-2)29-21(26)15-20(25)16-6-8-18(24)9-7-16/h6-10,12,14,20-21H,3-5,11,13,15,25-26H2,1-2H3,(H2,28,29,30,31). The number of ether oxygens (including phenoxy) is 1. The summed E-state index contributed by atoms with van der Waals surface area (Å²) in [6, 6.07) is 8.97. The number of nitrogens with two attached hydrogens (primary N) is 2. The molecule has 6 N–H and O–H groups in total. The molecule has 2 atom stereocenters. The fraction of sp³-hybridized carbons (Fsp3) is 0.435. The molecule has 0 aliphatic heterocycles. The van der Waals surface area contributed by atoms with E-state index < -0.39 is 12.2 Å². The fourth-order valence-electron chi connectivity index (χ4n) is 2.97. The maximum absolute atomic E-state index is 13.1. The van der Waals surface area contributed by atoms with E-state index in [1.54, 1.807) is 30.5 Å². The Bertz CT molecular complexity index is 875. The van der Waals surface area contributed by atoms with Crippen LogP contribution in [0.4, 0.5) is 4.39 Å². The summed E-state index contributed by atoms with van der Waals surface area (Å²) in [5.74, 6) is -0.372. The fourth-order valence-corrected chi connectivity index (χ4v) is 2.97. The van der Waals surface area contributed by atoms with Gasteiger partial charge in [0.25, 0.3) is 5.91 Å². The third-order valence-corrected chi connectivity index (χ3v) is 4.72. The van der Waals surface area contributed by atoms with Crippen molar-refractivity contribution in [2.24, 2.45) is 16.5 Å². The Morgan fingerprint density at radius 2 is 1.97 bits per heavy atom. The van der Waals surface area contributed by atoms with Crippen molar-refractivity contribution in [3.05, 3.63) is 65.2 Å². The number of amides is 1. The number of halogens is 1. The highest BCUT2D eigenvalue weighted by Gasteiger charge is 2.16. The number of aliphatic imine (C=N–C) groups is 1. The van der Waals surface area contributed by atoms with Crippen LogP contribution in [0.25, 0.3) is 0 Å². The summed E-state index contributed by atoms with van der Waals surface area (Å²) < 4.78 is 18.5. The lowest BCUT2D eigenvalue weighted by atomic mass is 10.0. The molecule has 1 heterocycles. The van der Waals surface area contributed by atoms with Gasteiger partial charge in [0.1, 0.15) is 5.82 Å². The van der Waals surface area contributed by atoms with Crippen LogP contribution in [0, 0.1) is 5.82 Å². The Labute approximate surface area is 188 Å². The van der Waals surface area contributed by atoms with Gasteiger partial charge in [-0.2, -0.15) is 0 Å². The van der Waals surface area contributed by atoms with Gasteiger partial charge in [0, 0.05) is 43.3 Å². The molecule has 2 rings (SSSR count). The van der Waals surface area contributed by atoms with Gasteiger partial charge in [-0.3, -0.25) is 20.1 Å². The van der Waals surface area contributed by atoms with E-state index in [4.69, 9.17) is 16.2 Å². The summed E-state index contributed by atoms with van der Waals surface area (Å²) >= 11 is 0. The van der Waals surface area contributed by atoms with Crippen molar-refractivity contribution in [1.82, 2.24) is 15.6 Å². The predicted molar refractivity (Wildman–Crippen MR) is 124 cm³/mol. The molecule has 0 bridgehead atoms. The van der Waals surface area contributed by atoms with Gasteiger partial charge in [-0.25, -0.2) is 4.39 Å². The average Bonchev–Trinajstić information content (AvgIpc) is 2.79. The van der Waals surface area contributed by atoms with Crippen molar-refractivity contribution in [3.63, 3.8) is 0 Å². The normalized spacial score (nSPS) is 13.5. The van der Waals surface area contributed by atoms with Crippen LogP contribution >= 0.6 is 0 Å². The highest BCUT2D eigenvalue weighted by Crippen LogP contribution is 2.15. The van der Waals surface area contributed by atoms with E-state index in [1.807, 2.05) is 13.8 Å². The summed E-state index contributed by atoms with van der Waals surface area (Å²) in [6.07, 6.45) is 2.81. The summed E-state index contributed by atoms with van der Waals surface area (Å²) in [5, 5.41) is 5.82. The Hall–Kier alpha value is -2.88. The zero-order chi connectivity index (χ0) is 23.3. The molecule has 2 unspecified atom stereocenters. The minimum Gasteiger partial charge on any atom is -0.382 e. The topological polar surface area (TPSA) is 128 Å². The Morgan fingerprint density at radius 3 is 2.66 bits per heavy atom. The highest BCUT2D eigenvalue weighted by atomic mass is 19.1. The van der Waals surface area contributed by atoms with E-state index in [0.29, 0.717) is 38.2 Å². The number of carbonyl (C=O) groups excluding carboxylic acids is 1. The van der Waals surface area contributed by atoms with Gasteiger partial charge < -0.3 is 21.5 Å². The number of hydrogen-bond acceptors (Lipinski definition) is 6. The quantitative estimate of drug-likeness (QED) is 0.182. The molecule has 0 saturated heterocycles. The molecular formula is C23H33FN6O2. The number of nitrogens with one attached hydrogen (secondary N) is 2. The van der Waals surface area contributed by atoms with Gasteiger partial charge in [0.2, 0.25) is 0 Å². The predicted octanol–water partition coefficient (Wildman–Crippen LogP) is 2.26. The largest absolute Gasteiger partial charge is 0.382 e. The minimum atomic E-state index is -0.579. The molecule has 0 aliphatic rings. The molecule has 0 saturated carbocycles. The van der Waals surface area contributed by atoms with Gasteiger partial charge in [-0.1, -0.05) is 19.1 Å². The van der Waals surface area contributed by atoms with Crippen LogP contribution < -0.4 is 22.1 Å². The van der Waals surface area contributed by atoms with Crippen LogP contribution in [-0.2, 0) is 11.2 Å². The van der Waals surface area contributed by atoms with Crippen LogP contribution in [-0.4, -0.2) is 42.8 Å². The van der Waals surface area contributed by atoms with Crippen LogP contribution in [0.3, 0.4) is 0 Å². The Morgan fingerprint density at radius 1 is 1.22 bits per heavy atom. The smallest absolute Gasteiger partial charge is 0.258 e. The number of pyridine rings is 1. The molecule has 1 amide bonds. The third kappa shape index (κ3) is 8.70. The number of aromatic nitrogens is 1. The molecule has 8 nitrogen and oxygen atoms in total. The monoisotopic (exact) mass is 444 g/mol. The second-order valence-corrected chi connectivity index (χ2v) is 7.27. The first kappa shape index (κ1) is 25.4.